The van der Waals surface area contributed by atoms with Crippen molar-refractivity contribution < 1.29 is 9.53 Å². The number of amides is 2. The molecule has 8 heteroatoms. The SMILES string of the molecule is O=C(NCc1nnc2n1CCOC2)N[C@@H]1CCCc2ccc(Cl)cc21. The number of nitrogens with zero attached hydrogens (tertiary/aromatic N) is 3. The molecule has 0 saturated heterocycles. The van der Waals surface area contributed by atoms with Crippen LogP contribution >= 0.6 is 11.6 Å². The van der Waals surface area contributed by atoms with Crippen LogP contribution in [0.25, 0.3) is 0 Å². The third-order valence-corrected chi connectivity index (χ3v) is 4.96. The van der Waals surface area contributed by atoms with E-state index in [4.69, 9.17) is 16.3 Å². The summed E-state index contributed by atoms with van der Waals surface area (Å²) < 4.78 is 7.34. The van der Waals surface area contributed by atoms with E-state index in [1.165, 1.54) is 5.56 Å². The predicted octanol–water partition coefficient (Wildman–Crippen LogP) is 2.34. The first-order valence-corrected chi connectivity index (χ1v) is 8.90. The number of benzene rings is 1. The Balaban J connectivity index is 1.39. The summed E-state index contributed by atoms with van der Waals surface area (Å²) >= 11 is 6.12. The second kappa shape index (κ2) is 7.01. The number of aromatic nitrogens is 3. The monoisotopic (exact) mass is 361 g/mol. The highest BCUT2D eigenvalue weighted by molar-refractivity contribution is 6.30. The Bertz CT molecular complexity index is 791. The predicted molar refractivity (Wildman–Crippen MR) is 92.2 cm³/mol. The highest BCUT2D eigenvalue weighted by atomic mass is 35.5. The normalized spacial score (nSPS) is 19.0. The van der Waals surface area contributed by atoms with Crippen molar-refractivity contribution in [3.63, 3.8) is 0 Å². The molecule has 1 aliphatic heterocycles. The first kappa shape index (κ1) is 16.4. The highest BCUT2D eigenvalue weighted by Gasteiger charge is 2.22. The molecule has 2 heterocycles. The number of fused-ring (bicyclic) bond motifs is 2. The molecule has 1 aromatic carbocycles. The maximum atomic E-state index is 12.3. The van der Waals surface area contributed by atoms with Crippen LogP contribution in [0.2, 0.25) is 5.02 Å². The third kappa shape index (κ3) is 3.48. The number of nitrogens with one attached hydrogen (secondary N) is 2. The molecule has 7 nitrogen and oxygen atoms in total. The molecule has 0 bridgehead atoms. The largest absolute Gasteiger partial charge is 0.372 e. The van der Waals surface area contributed by atoms with Crippen LogP contribution in [0.1, 0.15) is 41.7 Å². The van der Waals surface area contributed by atoms with E-state index in [1.54, 1.807) is 0 Å². The quantitative estimate of drug-likeness (QED) is 0.879. The van der Waals surface area contributed by atoms with Crippen LogP contribution in [0, 0.1) is 0 Å². The molecule has 2 N–H and O–H groups in total. The summed E-state index contributed by atoms with van der Waals surface area (Å²) in [6.45, 7) is 2.17. The van der Waals surface area contributed by atoms with Gasteiger partial charge in [0.25, 0.3) is 0 Å². The summed E-state index contributed by atoms with van der Waals surface area (Å²) in [5, 5.41) is 14.9. The van der Waals surface area contributed by atoms with E-state index in [0.29, 0.717) is 24.8 Å². The van der Waals surface area contributed by atoms with Crippen molar-refractivity contribution in [2.75, 3.05) is 6.61 Å². The number of hydrogen-bond acceptors (Lipinski definition) is 4. The molecule has 0 unspecified atom stereocenters. The maximum absolute atomic E-state index is 12.3. The molecule has 2 amide bonds. The van der Waals surface area contributed by atoms with E-state index in [-0.39, 0.29) is 12.1 Å². The van der Waals surface area contributed by atoms with Gasteiger partial charge in [-0.25, -0.2) is 4.79 Å². The zero-order chi connectivity index (χ0) is 17.2. The molecule has 132 valence electrons. The van der Waals surface area contributed by atoms with Crippen molar-refractivity contribution in [1.82, 2.24) is 25.4 Å². The Morgan fingerprint density at radius 3 is 3.24 bits per heavy atom. The van der Waals surface area contributed by atoms with Gasteiger partial charge in [0.1, 0.15) is 6.61 Å². The molecule has 2 aliphatic rings. The van der Waals surface area contributed by atoms with Gasteiger partial charge >= 0.3 is 6.03 Å². The third-order valence-electron chi connectivity index (χ3n) is 4.73. The Hall–Kier alpha value is -2.12. The fourth-order valence-electron chi connectivity index (χ4n) is 3.48. The lowest BCUT2D eigenvalue weighted by atomic mass is 9.88. The van der Waals surface area contributed by atoms with E-state index < -0.39 is 0 Å². The Morgan fingerprint density at radius 1 is 1.40 bits per heavy atom. The summed E-state index contributed by atoms with van der Waals surface area (Å²) in [4.78, 5) is 12.3. The van der Waals surface area contributed by atoms with Gasteiger partial charge in [0.05, 0.1) is 19.2 Å². The summed E-state index contributed by atoms with van der Waals surface area (Å²) in [7, 11) is 0. The number of urea groups is 1. The van der Waals surface area contributed by atoms with E-state index in [0.717, 1.165) is 43.0 Å². The van der Waals surface area contributed by atoms with Gasteiger partial charge in [0, 0.05) is 11.6 Å². The lowest BCUT2D eigenvalue weighted by Crippen LogP contribution is -2.39. The summed E-state index contributed by atoms with van der Waals surface area (Å²) in [5.41, 5.74) is 2.37. The number of aryl methyl sites for hydroxylation is 1. The molecule has 0 spiro atoms. The van der Waals surface area contributed by atoms with Crippen molar-refractivity contribution in [2.45, 2.75) is 45.0 Å². The van der Waals surface area contributed by atoms with Gasteiger partial charge in [0.2, 0.25) is 0 Å². The zero-order valence-electron chi connectivity index (χ0n) is 13.8. The minimum absolute atomic E-state index is 0.0110. The van der Waals surface area contributed by atoms with Crippen LogP contribution in [0.15, 0.2) is 18.2 Å². The van der Waals surface area contributed by atoms with Crippen molar-refractivity contribution >= 4 is 17.6 Å². The minimum atomic E-state index is -0.206. The number of rotatable bonds is 3. The van der Waals surface area contributed by atoms with Gasteiger partial charge in [-0.1, -0.05) is 17.7 Å². The summed E-state index contributed by atoms with van der Waals surface area (Å²) in [6.07, 6.45) is 3.00. The van der Waals surface area contributed by atoms with Crippen LogP contribution < -0.4 is 10.6 Å². The first-order valence-electron chi connectivity index (χ1n) is 8.52. The van der Waals surface area contributed by atoms with Crippen LogP contribution in [0.5, 0.6) is 0 Å². The summed E-state index contributed by atoms with van der Waals surface area (Å²) in [6, 6.07) is 5.69. The highest BCUT2D eigenvalue weighted by Crippen LogP contribution is 2.31. The number of ether oxygens (including phenoxy) is 1. The molecule has 1 aliphatic carbocycles. The fourth-order valence-corrected chi connectivity index (χ4v) is 3.66. The van der Waals surface area contributed by atoms with Gasteiger partial charge in [0.15, 0.2) is 11.6 Å². The number of hydrogen-bond donors (Lipinski definition) is 2. The Morgan fingerprint density at radius 2 is 2.32 bits per heavy atom. The van der Waals surface area contributed by atoms with Gasteiger partial charge in [-0.3, -0.25) is 0 Å². The second-order valence-electron chi connectivity index (χ2n) is 6.35. The smallest absolute Gasteiger partial charge is 0.315 e. The topological polar surface area (TPSA) is 81.1 Å². The molecule has 1 atom stereocenters. The fraction of sp³-hybridized carbons (Fsp3) is 0.471. The molecule has 0 fully saturated rings. The van der Waals surface area contributed by atoms with E-state index >= 15 is 0 Å². The van der Waals surface area contributed by atoms with Crippen LogP contribution in [0.4, 0.5) is 4.79 Å². The Kier molecular flexibility index (Phi) is 4.59. The van der Waals surface area contributed by atoms with Gasteiger partial charge < -0.3 is 19.9 Å². The number of carbonyl (C=O) groups is 1. The average molecular weight is 362 g/mol. The number of halogens is 1. The molecular formula is C17H20ClN5O2. The average Bonchev–Trinajstić information content (AvgIpc) is 3.04. The molecular weight excluding hydrogens is 342 g/mol. The molecule has 1 aromatic heterocycles. The zero-order valence-corrected chi connectivity index (χ0v) is 14.6. The van der Waals surface area contributed by atoms with E-state index in [9.17, 15) is 4.79 Å². The lowest BCUT2D eigenvalue weighted by molar-refractivity contribution is 0.0805. The van der Waals surface area contributed by atoms with E-state index in [1.807, 2.05) is 22.8 Å². The van der Waals surface area contributed by atoms with Crippen molar-refractivity contribution in [2.24, 2.45) is 0 Å². The molecule has 0 saturated carbocycles. The molecule has 2 aromatic rings. The van der Waals surface area contributed by atoms with Crippen molar-refractivity contribution in [1.29, 1.82) is 0 Å². The van der Waals surface area contributed by atoms with Gasteiger partial charge in [-0.15, -0.1) is 10.2 Å². The standard InChI is InChI=1S/C17H20ClN5O2/c18-12-5-4-11-2-1-3-14(13(11)8-12)20-17(24)19-9-15-21-22-16-10-25-7-6-23(15)16/h4-5,8,14H,1-3,6-7,9-10H2,(H2,19,20,24)/t14-/m1/s1. The second-order valence-corrected chi connectivity index (χ2v) is 6.79. The lowest BCUT2D eigenvalue weighted by Gasteiger charge is -2.26. The Labute approximate surface area is 150 Å². The van der Waals surface area contributed by atoms with Crippen LogP contribution in [0.3, 0.4) is 0 Å². The van der Waals surface area contributed by atoms with Crippen LogP contribution in [-0.4, -0.2) is 27.4 Å². The molecule has 4 rings (SSSR count). The minimum Gasteiger partial charge on any atom is -0.372 e. The molecule has 0 radical (unpaired) electrons. The maximum Gasteiger partial charge on any atom is 0.315 e. The number of carbonyl (C=O) groups excluding carboxylic acids is 1. The summed E-state index contributed by atoms with van der Waals surface area (Å²) in [5.74, 6) is 1.56. The van der Waals surface area contributed by atoms with Crippen molar-refractivity contribution in [3.05, 3.63) is 46.0 Å². The first-order chi connectivity index (χ1) is 12.2. The van der Waals surface area contributed by atoms with Gasteiger partial charge in [-0.05, 0) is 42.5 Å². The van der Waals surface area contributed by atoms with E-state index in [2.05, 4.69) is 20.8 Å². The van der Waals surface area contributed by atoms with Gasteiger partial charge in [-0.2, -0.15) is 0 Å². The van der Waals surface area contributed by atoms with Crippen molar-refractivity contribution in [3.8, 4) is 0 Å². The molecule has 25 heavy (non-hydrogen) atoms. The van der Waals surface area contributed by atoms with Crippen LogP contribution in [-0.2, 0) is 30.9 Å².